The average molecular weight is 440 g/mol. The number of aryl methyl sites for hydroxylation is 1. The molecule has 0 spiro atoms. The van der Waals surface area contributed by atoms with E-state index in [9.17, 15) is 0 Å². The van der Waals surface area contributed by atoms with Gasteiger partial charge in [0, 0.05) is 11.8 Å². The molecule has 0 unspecified atom stereocenters. The number of para-hydroxylation sites is 1. The van der Waals surface area contributed by atoms with Gasteiger partial charge in [0.1, 0.15) is 12.2 Å². The maximum Gasteiger partial charge on any atom is 0.108 e. The first-order chi connectivity index (χ1) is 16.3. The lowest BCUT2D eigenvalue weighted by Crippen LogP contribution is -2.29. The molecule has 4 nitrogen and oxygen atoms in total. The molecule has 4 aromatic rings. The first-order valence-electron chi connectivity index (χ1n) is 11.6. The normalized spacial score (nSPS) is 20.3. The van der Waals surface area contributed by atoms with Gasteiger partial charge in [0.05, 0.1) is 37.1 Å². The maximum absolute atomic E-state index is 6.48. The highest BCUT2D eigenvalue weighted by Gasteiger charge is 2.38. The quantitative estimate of drug-likeness (QED) is 0.329. The molecule has 3 aromatic carbocycles. The van der Waals surface area contributed by atoms with Crippen molar-refractivity contribution < 1.29 is 14.2 Å². The predicted molar refractivity (Wildman–Crippen MR) is 130 cm³/mol. The van der Waals surface area contributed by atoms with E-state index in [0.717, 1.165) is 28.8 Å². The fourth-order valence-electron chi connectivity index (χ4n) is 4.41. The summed E-state index contributed by atoms with van der Waals surface area (Å²) in [6.07, 6.45) is 0.451. The minimum absolute atomic E-state index is 0.0560. The van der Waals surface area contributed by atoms with E-state index in [1.54, 1.807) is 0 Å². The number of hydrogen-bond donors (Lipinski definition) is 0. The third-order valence-corrected chi connectivity index (χ3v) is 6.17. The Morgan fingerprint density at radius 1 is 0.848 bits per heavy atom. The Labute approximate surface area is 195 Å². The zero-order chi connectivity index (χ0) is 22.5. The second-order valence-corrected chi connectivity index (χ2v) is 8.62. The van der Waals surface area contributed by atoms with Crippen molar-refractivity contribution in [2.45, 2.75) is 44.9 Å². The summed E-state index contributed by atoms with van der Waals surface area (Å²) in [6.45, 7) is 3.73. The van der Waals surface area contributed by atoms with E-state index in [-0.39, 0.29) is 18.3 Å². The Kier molecular flexibility index (Phi) is 6.77. The summed E-state index contributed by atoms with van der Waals surface area (Å²) in [7, 11) is 0. The van der Waals surface area contributed by atoms with E-state index in [2.05, 4.69) is 55.5 Å². The molecule has 3 atom stereocenters. The molecule has 1 aromatic heterocycles. The molecular weight excluding hydrogens is 410 g/mol. The highest BCUT2D eigenvalue weighted by Crippen LogP contribution is 2.36. The molecule has 0 bridgehead atoms. The topological polar surface area (TPSA) is 40.6 Å². The Morgan fingerprint density at radius 2 is 1.52 bits per heavy atom. The van der Waals surface area contributed by atoms with Crippen LogP contribution in [0.15, 0.2) is 91.0 Å². The van der Waals surface area contributed by atoms with Crippen LogP contribution in [0.3, 0.4) is 0 Å². The van der Waals surface area contributed by atoms with Crippen LogP contribution in [0.2, 0.25) is 0 Å². The molecule has 33 heavy (non-hydrogen) atoms. The molecule has 0 amide bonds. The first kappa shape index (κ1) is 21.8. The number of benzene rings is 3. The van der Waals surface area contributed by atoms with Gasteiger partial charge in [0.2, 0.25) is 0 Å². The van der Waals surface area contributed by atoms with Crippen LogP contribution in [0.4, 0.5) is 0 Å². The molecule has 168 valence electrons. The highest BCUT2D eigenvalue weighted by molar-refractivity contribution is 5.82. The largest absolute Gasteiger partial charge is 0.374 e. The van der Waals surface area contributed by atoms with E-state index < -0.39 is 0 Å². The van der Waals surface area contributed by atoms with Crippen LogP contribution < -0.4 is 0 Å². The molecular formula is C29H29NO3. The Morgan fingerprint density at radius 3 is 2.27 bits per heavy atom. The lowest BCUT2D eigenvalue weighted by Gasteiger charge is -2.19. The van der Waals surface area contributed by atoms with Crippen molar-refractivity contribution >= 4 is 10.9 Å². The molecule has 5 rings (SSSR count). The summed E-state index contributed by atoms with van der Waals surface area (Å²) < 4.78 is 18.9. The SMILES string of the molecule is Cc1cc([C@@H]2C[C@H](OCc3ccccc3)[C@@H](COCc3ccccc3)O2)nc2ccccc12. The smallest absolute Gasteiger partial charge is 0.108 e. The molecule has 4 heteroatoms. The average Bonchev–Trinajstić information content (AvgIpc) is 3.27. The summed E-state index contributed by atoms with van der Waals surface area (Å²) in [5.41, 5.74) is 5.49. The van der Waals surface area contributed by atoms with Crippen molar-refractivity contribution in [1.29, 1.82) is 0 Å². The third kappa shape index (κ3) is 5.31. The first-order valence-corrected chi connectivity index (χ1v) is 11.6. The lowest BCUT2D eigenvalue weighted by atomic mass is 10.0. The monoisotopic (exact) mass is 439 g/mol. The second kappa shape index (κ2) is 10.3. The zero-order valence-corrected chi connectivity index (χ0v) is 18.9. The van der Waals surface area contributed by atoms with Gasteiger partial charge in [0.15, 0.2) is 0 Å². The number of nitrogens with zero attached hydrogens (tertiary/aromatic N) is 1. The summed E-state index contributed by atoms with van der Waals surface area (Å²) in [5.74, 6) is 0. The van der Waals surface area contributed by atoms with Crippen molar-refractivity contribution in [3.05, 3.63) is 113 Å². The van der Waals surface area contributed by atoms with Crippen LogP contribution in [-0.4, -0.2) is 23.8 Å². The van der Waals surface area contributed by atoms with Gasteiger partial charge >= 0.3 is 0 Å². The van der Waals surface area contributed by atoms with E-state index in [1.807, 2.05) is 42.5 Å². The third-order valence-electron chi connectivity index (χ3n) is 6.17. The summed E-state index contributed by atoms with van der Waals surface area (Å²) >= 11 is 0. The minimum atomic E-state index is -0.143. The van der Waals surface area contributed by atoms with Gasteiger partial charge in [-0.25, -0.2) is 0 Å². The highest BCUT2D eigenvalue weighted by atomic mass is 16.6. The Balaban J connectivity index is 1.31. The Hall–Kier alpha value is -3.05. The minimum Gasteiger partial charge on any atom is -0.374 e. The van der Waals surface area contributed by atoms with E-state index >= 15 is 0 Å². The lowest BCUT2D eigenvalue weighted by molar-refractivity contribution is -0.0720. The van der Waals surface area contributed by atoms with Gasteiger partial charge in [-0.15, -0.1) is 0 Å². The number of aromatic nitrogens is 1. The molecule has 0 saturated carbocycles. The van der Waals surface area contributed by atoms with Crippen molar-refractivity contribution in [2.24, 2.45) is 0 Å². The van der Waals surface area contributed by atoms with E-state index in [1.165, 1.54) is 10.9 Å². The zero-order valence-electron chi connectivity index (χ0n) is 18.9. The molecule has 1 saturated heterocycles. The number of hydrogen-bond acceptors (Lipinski definition) is 4. The molecule has 0 N–H and O–H groups in total. The van der Waals surface area contributed by atoms with Crippen LogP contribution in [0, 0.1) is 6.92 Å². The van der Waals surface area contributed by atoms with Crippen LogP contribution in [0.25, 0.3) is 10.9 Å². The van der Waals surface area contributed by atoms with Crippen LogP contribution in [0.1, 0.15) is 34.9 Å². The van der Waals surface area contributed by atoms with Gasteiger partial charge < -0.3 is 14.2 Å². The molecule has 0 radical (unpaired) electrons. The number of rotatable bonds is 8. The van der Waals surface area contributed by atoms with Crippen molar-refractivity contribution in [3.8, 4) is 0 Å². The second-order valence-electron chi connectivity index (χ2n) is 8.62. The molecule has 1 aliphatic heterocycles. The summed E-state index contributed by atoms with van der Waals surface area (Å²) in [6, 6.07) is 30.9. The predicted octanol–water partition coefficient (Wildman–Crippen LogP) is 6.18. The van der Waals surface area contributed by atoms with Crippen LogP contribution >= 0.6 is 0 Å². The standard InChI is InChI=1S/C29H29NO3/c1-21-16-26(30-25-15-9-8-14-24(21)25)27-17-28(32-19-23-12-6-3-7-13-23)29(33-27)20-31-18-22-10-4-2-5-11-22/h2-16,27-29H,17-20H2,1H3/t27-,28-,29+/m0/s1. The van der Waals surface area contributed by atoms with Crippen molar-refractivity contribution in [2.75, 3.05) is 6.61 Å². The fraction of sp³-hybridized carbons (Fsp3) is 0.276. The van der Waals surface area contributed by atoms with Crippen molar-refractivity contribution in [3.63, 3.8) is 0 Å². The summed E-state index contributed by atoms with van der Waals surface area (Å²) in [5, 5.41) is 1.18. The van der Waals surface area contributed by atoms with Gasteiger partial charge in [-0.1, -0.05) is 78.9 Å². The molecule has 0 aliphatic carbocycles. The number of ether oxygens (including phenoxy) is 3. The number of fused-ring (bicyclic) bond motifs is 1. The van der Waals surface area contributed by atoms with Crippen molar-refractivity contribution in [1.82, 2.24) is 4.98 Å². The number of pyridine rings is 1. The van der Waals surface area contributed by atoms with Gasteiger partial charge in [-0.2, -0.15) is 0 Å². The van der Waals surface area contributed by atoms with Crippen LogP contribution in [-0.2, 0) is 27.4 Å². The van der Waals surface area contributed by atoms with Gasteiger partial charge in [-0.05, 0) is 35.7 Å². The summed E-state index contributed by atoms with van der Waals surface area (Å²) in [4.78, 5) is 4.91. The van der Waals surface area contributed by atoms with Gasteiger partial charge in [0.25, 0.3) is 0 Å². The molecule has 1 aliphatic rings. The van der Waals surface area contributed by atoms with E-state index in [4.69, 9.17) is 19.2 Å². The molecule has 1 fully saturated rings. The molecule has 2 heterocycles. The fourth-order valence-corrected chi connectivity index (χ4v) is 4.41. The van der Waals surface area contributed by atoms with E-state index in [0.29, 0.717) is 19.8 Å². The Bertz CT molecular complexity index is 1180. The maximum atomic E-state index is 6.48. The van der Waals surface area contributed by atoms with Crippen LogP contribution in [0.5, 0.6) is 0 Å². The van der Waals surface area contributed by atoms with Gasteiger partial charge in [-0.3, -0.25) is 4.98 Å².